The van der Waals surface area contributed by atoms with Gasteiger partial charge in [0.1, 0.15) is 0 Å². The predicted molar refractivity (Wildman–Crippen MR) is 71.1 cm³/mol. The lowest BCUT2D eigenvalue weighted by atomic mass is 10.1. The Morgan fingerprint density at radius 3 is 3.24 bits per heavy atom. The van der Waals surface area contributed by atoms with E-state index < -0.39 is 0 Å². The van der Waals surface area contributed by atoms with E-state index in [0.29, 0.717) is 12.5 Å². The lowest BCUT2D eigenvalue weighted by Crippen LogP contribution is -2.47. The minimum atomic E-state index is 0.174. The Kier molecular flexibility index (Phi) is 4.57. The van der Waals surface area contributed by atoms with Crippen LogP contribution < -0.4 is 5.32 Å². The highest BCUT2D eigenvalue weighted by molar-refractivity contribution is 7.07. The Hall–Kier alpha value is -0.870. The molecule has 4 heteroatoms. The summed E-state index contributed by atoms with van der Waals surface area (Å²) in [6.07, 6.45) is 2.88. The highest BCUT2D eigenvalue weighted by Crippen LogP contribution is 2.15. The van der Waals surface area contributed by atoms with E-state index in [4.69, 9.17) is 0 Å². The smallest absolute Gasteiger partial charge is 0.219 e. The first-order valence-electron chi connectivity index (χ1n) is 6.30. The number of carbonyl (C=O) groups is 1. The molecule has 1 N–H and O–H groups in total. The molecule has 94 valence electrons. The molecular formula is C13H20N2OS. The molecule has 0 radical (unpaired) electrons. The quantitative estimate of drug-likeness (QED) is 0.891. The van der Waals surface area contributed by atoms with E-state index in [2.05, 4.69) is 27.0 Å². The Morgan fingerprint density at radius 1 is 1.65 bits per heavy atom. The maximum Gasteiger partial charge on any atom is 0.219 e. The zero-order valence-corrected chi connectivity index (χ0v) is 11.1. The van der Waals surface area contributed by atoms with E-state index in [1.54, 1.807) is 11.3 Å². The van der Waals surface area contributed by atoms with Crippen molar-refractivity contribution in [1.82, 2.24) is 10.2 Å². The van der Waals surface area contributed by atoms with Gasteiger partial charge >= 0.3 is 0 Å². The SMILES string of the molecule is CCC(=O)N[C@H]1CCCN(Cc2ccsc2)C1. The number of thiophene rings is 1. The third kappa shape index (κ3) is 3.82. The minimum Gasteiger partial charge on any atom is -0.352 e. The lowest BCUT2D eigenvalue weighted by Gasteiger charge is -2.32. The number of carbonyl (C=O) groups excluding carboxylic acids is 1. The number of amides is 1. The van der Waals surface area contributed by atoms with Crippen LogP contribution in [0.1, 0.15) is 31.7 Å². The number of nitrogens with zero attached hydrogens (tertiary/aromatic N) is 1. The van der Waals surface area contributed by atoms with E-state index in [-0.39, 0.29) is 5.91 Å². The third-order valence-corrected chi connectivity index (χ3v) is 3.91. The topological polar surface area (TPSA) is 32.3 Å². The van der Waals surface area contributed by atoms with Crippen LogP contribution in [0, 0.1) is 0 Å². The van der Waals surface area contributed by atoms with E-state index in [9.17, 15) is 4.79 Å². The van der Waals surface area contributed by atoms with E-state index >= 15 is 0 Å². The molecule has 1 aromatic rings. The number of hydrogen-bond acceptors (Lipinski definition) is 3. The van der Waals surface area contributed by atoms with Crippen LogP contribution in [0.2, 0.25) is 0 Å². The van der Waals surface area contributed by atoms with Crippen LogP contribution in [0.25, 0.3) is 0 Å². The average molecular weight is 252 g/mol. The van der Waals surface area contributed by atoms with Gasteiger partial charge < -0.3 is 5.32 Å². The average Bonchev–Trinajstić information content (AvgIpc) is 2.82. The summed E-state index contributed by atoms with van der Waals surface area (Å²) in [5.74, 6) is 0.174. The molecule has 17 heavy (non-hydrogen) atoms. The summed E-state index contributed by atoms with van der Waals surface area (Å²) in [6, 6.07) is 2.52. The minimum absolute atomic E-state index is 0.174. The number of nitrogens with one attached hydrogen (secondary N) is 1. The third-order valence-electron chi connectivity index (χ3n) is 3.18. The Labute approximate surface area is 107 Å². The number of likely N-dealkylation sites (tertiary alicyclic amines) is 1. The van der Waals surface area contributed by atoms with E-state index in [1.807, 2.05) is 6.92 Å². The van der Waals surface area contributed by atoms with Crippen molar-refractivity contribution in [2.24, 2.45) is 0 Å². The summed E-state index contributed by atoms with van der Waals surface area (Å²) in [6.45, 7) is 5.05. The van der Waals surface area contributed by atoms with Crippen LogP contribution in [0.15, 0.2) is 16.8 Å². The summed E-state index contributed by atoms with van der Waals surface area (Å²) in [5.41, 5.74) is 1.39. The second-order valence-corrected chi connectivity index (χ2v) is 5.41. The Bertz CT molecular complexity index is 350. The molecule has 2 heterocycles. The summed E-state index contributed by atoms with van der Waals surface area (Å²) in [4.78, 5) is 13.8. The van der Waals surface area contributed by atoms with Crippen molar-refractivity contribution in [3.63, 3.8) is 0 Å². The van der Waals surface area contributed by atoms with Gasteiger partial charge in [0, 0.05) is 25.6 Å². The highest BCUT2D eigenvalue weighted by Gasteiger charge is 2.20. The molecule has 0 unspecified atom stereocenters. The molecule has 1 aromatic heterocycles. The van der Waals surface area contributed by atoms with E-state index in [1.165, 1.54) is 12.0 Å². The van der Waals surface area contributed by atoms with Crippen LogP contribution in [0.5, 0.6) is 0 Å². The monoisotopic (exact) mass is 252 g/mol. The van der Waals surface area contributed by atoms with Gasteiger partial charge in [-0.05, 0) is 41.8 Å². The second-order valence-electron chi connectivity index (χ2n) is 4.63. The lowest BCUT2D eigenvalue weighted by molar-refractivity contribution is -0.121. The molecule has 0 spiro atoms. The van der Waals surface area contributed by atoms with Crippen molar-refractivity contribution in [2.45, 2.75) is 38.8 Å². The summed E-state index contributed by atoms with van der Waals surface area (Å²) in [7, 11) is 0. The molecule has 0 saturated carbocycles. The number of piperidine rings is 1. The van der Waals surface area contributed by atoms with Crippen molar-refractivity contribution in [3.8, 4) is 0 Å². The standard InChI is InChI=1S/C13H20N2OS/c1-2-13(16)14-12-4-3-6-15(9-12)8-11-5-7-17-10-11/h5,7,10,12H,2-4,6,8-9H2,1H3,(H,14,16)/t12-/m0/s1. The Morgan fingerprint density at radius 2 is 2.53 bits per heavy atom. The summed E-state index contributed by atoms with van der Waals surface area (Å²) < 4.78 is 0. The van der Waals surface area contributed by atoms with Gasteiger partial charge in [-0.25, -0.2) is 0 Å². The summed E-state index contributed by atoms with van der Waals surface area (Å²) >= 11 is 1.75. The van der Waals surface area contributed by atoms with Crippen LogP contribution in [-0.4, -0.2) is 29.9 Å². The second kappa shape index (κ2) is 6.17. The molecule has 1 amide bonds. The molecule has 0 aromatic carbocycles. The van der Waals surface area contributed by atoms with Crippen molar-refractivity contribution in [3.05, 3.63) is 22.4 Å². The molecule has 0 aliphatic carbocycles. The van der Waals surface area contributed by atoms with Crippen molar-refractivity contribution in [1.29, 1.82) is 0 Å². The molecule has 0 bridgehead atoms. The predicted octanol–water partition coefficient (Wildman–Crippen LogP) is 2.24. The van der Waals surface area contributed by atoms with Gasteiger partial charge in [-0.2, -0.15) is 11.3 Å². The normalized spacial score (nSPS) is 21.4. The first-order chi connectivity index (χ1) is 8.28. The molecule has 1 aliphatic heterocycles. The zero-order chi connectivity index (χ0) is 12.1. The van der Waals surface area contributed by atoms with Crippen molar-refractivity contribution in [2.75, 3.05) is 13.1 Å². The van der Waals surface area contributed by atoms with Gasteiger partial charge in [-0.3, -0.25) is 9.69 Å². The van der Waals surface area contributed by atoms with Gasteiger partial charge in [0.05, 0.1) is 0 Å². The van der Waals surface area contributed by atoms with Gasteiger partial charge in [-0.1, -0.05) is 6.92 Å². The van der Waals surface area contributed by atoms with Gasteiger partial charge in [0.15, 0.2) is 0 Å². The fourth-order valence-electron chi connectivity index (χ4n) is 2.29. The van der Waals surface area contributed by atoms with Gasteiger partial charge in [0.25, 0.3) is 0 Å². The molecule has 1 atom stereocenters. The first-order valence-corrected chi connectivity index (χ1v) is 7.25. The molecule has 2 rings (SSSR count). The van der Waals surface area contributed by atoms with Gasteiger partial charge in [0.2, 0.25) is 5.91 Å². The van der Waals surface area contributed by atoms with Gasteiger partial charge in [-0.15, -0.1) is 0 Å². The molecule has 3 nitrogen and oxygen atoms in total. The fraction of sp³-hybridized carbons (Fsp3) is 0.615. The number of rotatable bonds is 4. The molecule has 1 saturated heterocycles. The fourth-order valence-corrected chi connectivity index (χ4v) is 2.95. The molecule has 1 aliphatic rings. The zero-order valence-electron chi connectivity index (χ0n) is 10.3. The largest absolute Gasteiger partial charge is 0.352 e. The summed E-state index contributed by atoms with van der Waals surface area (Å²) in [5, 5.41) is 7.42. The van der Waals surface area contributed by atoms with Crippen LogP contribution in [0.3, 0.4) is 0 Å². The van der Waals surface area contributed by atoms with Crippen LogP contribution in [0.4, 0.5) is 0 Å². The Balaban J connectivity index is 1.82. The van der Waals surface area contributed by atoms with Crippen molar-refractivity contribution < 1.29 is 4.79 Å². The molecular weight excluding hydrogens is 232 g/mol. The molecule has 1 fully saturated rings. The van der Waals surface area contributed by atoms with Crippen LogP contribution in [-0.2, 0) is 11.3 Å². The van der Waals surface area contributed by atoms with Crippen molar-refractivity contribution >= 4 is 17.2 Å². The van der Waals surface area contributed by atoms with Crippen LogP contribution >= 0.6 is 11.3 Å². The number of hydrogen-bond donors (Lipinski definition) is 1. The maximum atomic E-state index is 11.4. The van der Waals surface area contributed by atoms with E-state index in [0.717, 1.165) is 26.1 Å². The maximum absolute atomic E-state index is 11.4. The first kappa shape index (κ1) is 12.6. The highest BCUT2D eigenvalue weighted by atomic mass is 32.1.